The smallest absolute Gasteiger partial charge is 0.281 e. The number of hydrogen-bond donors (Lipinski definition) is 0. The topological polar surface area (TPSA) is 82.5 Å². The van der Waals surface area contributed by atoms with Crippen molar-refractivity contribution in [3.05, 3.63) is 84.7 Å². The summed E-state index contributed by atoms with van der Waals surface area (Å²) in [6.07, 6.45) is 3.19. The molecule has 0 aliphatic carbocycles. The van der Waals surface area contributed by atoms with Gasteiger partial charge in [0.25, 0.3) is 5.89 Å². The molecule has 0 unspecified atom stereocenters. The van der Waals surface area contributed by atoms with Gasteiger partial charge in [-0.3, -0.25) is 4.98 Å². The van der Waals surface area contributed by atoms with Crippen LogP contribution in [0.15, 0.2) is 77.6 Å². The van der Waals surface area contributed by atoms with E-state index in [9.17, 15) is 8.78 Å². The second-order valence-corrected chi connectivity index (χ2v) is 6.29. The summed E-state index contributed by atoms with van der Waals surface area (Å²) in [6, 6.07) is 15.7. The van der Waals surface area contributed by atoms with E-state index in [1.807, 2.05) is 0 Å². The fourth-order valence-corrected chi connectivity index (χ4v) is 3.06. The Morgan fingerprint density at radius 3 is 2.33 bits per heavy atom. The van der Waals surface area contributed by atoms with Crippen molar-refractivity contribution in [1.29, 1.82) is 0 Å². The van der Waals surface area contributed by atoms with E-state index in [0.29, 0.717) is 11.3 Å². The highest BCUT2D eigenvalue weighted by molar-refractivity contribution is 5.76. The summed E-state index contributed by atoms with van der Waals surface area (Å²) in [7, 11) is 0. The van der Waals surface area contributed by atoms with Crippen LogP contribution in [0, 0.1) is 11.6 Å². The maximum Gasteiger partial charge on any atom is 0.281 e. The molecule has 7 nitrogen and oxygen atoms in total. The molecule has 3 heterocycles. The van der Waals surface area contributed by atoms with Gasteiger partial charge in [-0.05, 0) is 36.4 Å². The maximum absolute atomic E-state index is 14.5. The third kappa shape index (κ3) is 3.02. The Labute approximate surface area is 168 Å². The van der Waals surface area contributed by atoms with E-state index in [2.05, 4.69) is 25.4 Å². The normalized spacial score (nSPS) is 11.0. The molecule has 0 atom stereocenters. The van der Waals surface area contributed by atoms with Crippen LogP contribution in [0.2, 0.25) is 0 Å². The minimum atomic E-state index is -0.478. The van der Waals surface area contributed by atoms with E-state index in [-0.39, 0.29) is 28.7 Å². The summed E-state index contributed by atoms with van der Waals surface area (Å²) in [4.78, 5) is 8.30. The summed E-state index contributed by atoms with van der Waals surface area (Å²) >= 11 is 0. The molecule has 0 fully saturated rings. The Hall–Kier alpha value is -4.27. The van der Waals surface area contributed by atoms with Crippen LogP contribution in [0.5, 0.6) is 0 Å². The molecule has 2 aromatic carbocycles. The Bertz CT molecular complexity index is 1330. The molecule has 5 rings (SSSR count). The molecule has 0 spiro atoms. The first kappa shape index (κ1) is 17.8. The molecule has 0 aliphatic heterocycles. The molecule has 0 aliphatic rings. The fourth-order valence-electron chi connectivity index (χ4n) is 3.06. The van der Waals surface area contributed by atoms with E-state index >= 15 is 0 Å². The number of nitrogens with zero attached hydrogens (tertiary/aromatic N) is 6. The van der Waals surface area contributed by atoms with E-state index in [1.165, 1.54) is 16.8 Å². The molecule has 0 saturated carbocycles. The Balaban J connectivity index is 1.69. The number of rotatable bonds is 4. The van der Waals surface area contributed by atoms with Crippen LogP contribution in [0.25, 0.3) is 39.9 Å². The Morgan fingerprint density at radius 2 is 1.57 bits per heavy atom. The second-order valence-electron chi connectivity index (χ2n) is 6.29. The van der Waals surface area contributed by atoms with Gasteiger partial charge in [-0.1, -0.05) is 34.6 Å². The number of para-hydroxylation sites is 1. The van der Waals surface area contributed by atoms with Gasteiger partial charge in [0.2, 0.25) is 5.82 Å². The largest absolute Gasteiger partial charge is 0.332 e. The number of aromatic nitrogens is 6. The van der Waals surface area contributed by atoms with Gasteiger partial charge in [-0.15, -0.1) is 5.10 Å². The zero-order valence-electron chi connectivity index (χ0n) is 15.3. The lowest BCUT2D eigenvalue weighted by molar-refractivity contribution is 0.430. The number of pyridine rings is 1. The summed E-state index contributed by atoms with van der Waals surface area (Å²) in [5.74, 6) is -0.845. The summed E-state index contributed by atoms with van der Waals surface area (Å²) in [5, 5.41) is 12.1. The molecule has 0 bridgehead atoms. The molecule has 9 heteroatoms. The van der Waals surface area contributed by atoms with Gasteiger partial charge in [0.05, 0.1) is 5.56 Å². The first-order valence-electron chi connectivity index (χ1n) is 8.92. The van der Waals surface area contributed by atoms with Crippen molar-refractivity contribution in [2.45, 2.75) is 0 Å². The van der Waals surface area contributed by atoms with Crippen molar-refractivity contribution in [2.75, 3.05) is 0 Å². The number of hydrogen-bond acceptors (Lipinski definition) is 6. The molecular formula is C21H12F2N6O. The average Bonchev–Trinajstić information content (AvgIpc) is 3.42. The molecule has 5 aromatic rings. The lowest BCUT2D eigenvalue weighted by Gasteiger charge is -2.08. The van der Waals surface area contributed by atoms with Gasteiger partial charge < -0.3 is 4.52 Å². The third-order valence-electron chi connectivity index (χ3n) is 4.45. The lowest BCUT2D eigenvalue weighted by atomic mass is 10.1. The second kappa shape index (κ2) is 7.28. The van der Waals surface area contributed by atoms with Gasteiger partial charge in [-0.2, -0.15) is 4.98 Å². The highest BCUT2D eigenvalue weighted by atomic mass is 19.1. The molecule has 0 radical (unpaired) electrons. The van der Waals surface area contributed by atoms with Crippen LogP contribution in [0.4, 0.5) is 8.78 Å². The SMILES string of the molecule is Fc1ccccc1-c1noc(-c2nnn(-c3ccccc3F)c2-c2ccncc2)n1. The quantitative estimate of drug-likeness (QED) is 0.445. The first-order chi connectivity index (χ1) is 14.7. The van der Waals surface area contributed by atoms with Gasteiger partial charge in [-0.25, -0.2) is 13.5 Å². The zero-order valence-corrected chi connectivity index (χ0v) is 15.3. The van der Waals surface area contributed by atoms with E-state index in [0.717, 1.165) is 0 Å². The van der Waals surface area contributed by atoms with Crippen molar-refractivity contribution in [3.8, 4) is 39.9 Å². The minimum absolute atomic E-state index is 0.0302. The van der Waals surface area contributed by atoms with Gasteiger partial charge >= 0.3 is 0 Å². The lowest BCUT2D eigenvalue weighted by Crippen LogP contribution is -2.02. The molecule has 146 valence electrons. The fraction of sp³-hybridized carbons (Fsp3) is 0. The first-order valence-corrected chi connectivity index (χ1v) is 8.92. The summed E-state index contributed by atoms with van der Waals surface area (Å²) in [5.41, 5.74) is 1.74. The molecule has 3 aromatic heterocycles. The predicted octanol–water partition coefficient (Wildman–Crippen LogP) is 4.32. The predicted molar refractivity (Wildman–Crippen MR) is 103 cm³/mol. The van der Waals surface area contributed by atoms with E-state index in [4.69, 9.17) is 4.52 Å². The molecule has 0 amide bonds. The molecule has 0 N–H and O–H groups in total. The van der Waals surface area contributed by atoms with Crippen LogP contribution in [-0.4, -0.2) is 30.1 Å². The summed E-state index contributed by atoms with van der Waals surface area (Å²) in [6.45, 7) is 0. The van der Waals surface area contributed by atoms with E-state index in [1.54, 1.807) is 60.9 Å². The van der Waals surface area contributed by atoms with Gasteiger partial charge in [0.1, 0.15) is 23.0 Å². The van der Waals surface area contributed by atoms with Crippen LogP contribution in [0.1, 0.15) is 0 Å². The van der Waals surface area contributed by atoms with Crippen LogP contribution >= 0.6 is 0 Å². The standard InChI is InChI=1S/C21H12F2N6O/c22-15-6-2-1-5-14(15)20-25-21(30-27-20)18-19(13-9-11-24-12-10-13)29(28-26-18)17-8-4-3-7-16(17)23/h1-12H. The monoisotopic (exact) mass is 402 g/mol. The maximum atomic E-state index is 14.5. The van der Waals surface area contributed by atoms with Crippen LogP contribution in [0.3, 0.4) is 0 Å². The van der Waals surface area contributed by atoms with Crippen LogP contribution in [-0.2, 0) is 0 Å². The Kier molecular flexibility index (Phi) is 4.32. The zero-order chi connectivity index (χ0) is 20.5. The highest BCUT2D eigenvalue weighted by Gasteiger charge is 2.24. The Morgan fingerprint density at radius 1 is 0.833 bits per heavy atom. The van der Waals surface area contributed by atoms with Crippen LogP contribution < -0.4 is 0 Å². The number of benzene rings is 2. The highest BCUT2D eigenvalue weighted by Crippen LogP contribution is 2.32. The third-order valence-corrected chi connectivity index (χ3v) is 4.45. The average molecular weight is 402 g/mol. The van der Waals surface area contributed by atoms with Crippen molar-refractivity contribution < 1.29 is 13.3 Å². The number of halogens is 2. The van der Waals surface area contributed by atoms with E-state index < -0.39 is 11.6 Å². The molecular weight excluding hydrogens is 390 g/mol. The van der Waals surface area contributed by atoms with Crippen molar-refractivity contribution in [2.24, 2.45) is 0 Å². The molecule has 0 saturated heterocycles. The van der Waals surface area contributed by atoms with Crippen molar-refractivity contribution in [1.82, 2.24) is 30.1 Å². The van der Waals surface area contributed by atoms with Crippen molar-refractivity contribution in [3.63, 3.8) is 0 Å². The summed E-state index contributed by atoms with van der Waals surface area (Å²) < 4.78 is 35.3. The van der Waals surface area contributed by atoms with Gasteiger partial charge in [0.15, 0.2) is 5.69 Å². The molecule has 30 heavy (non-hydrogen) atoms. The van der Waals surface area contributed by atoms with Gasteiger partial charge in [0, 0.05) is 18.0 Å². The minimum Gasteiger partial charge on any atom is -0.332 e. The van der Waals surface area contributed by atoms with Crippen molar-refractivity contribution >= 4 is 0 Å².